The molecule has 0 atom stereocenters. The number of amides is 1. The normalized spacial score (nSPS) is 15.2. The first-order valence-electron chi connectivity index (χ1n) is 6.33. The number of thiocarbonyl (C=S) groups is 1. The largest absolute Gasteiger partial charge is 0.378 e. The van der Waals surface area contributed by atoms with Crippen LogP contribution in [-0.2, 0) is 9.53 Å². The molecule has 1 fully saturated rings. The van der Waals surface area contributed by atoms with E-state index in [0.29, 0.717) is 31.3 Å². The molecule has 5 heteroatoms. The lowest BCUT2D eigenvalue weighted by Crippen LogP contribution is -2.44. The van der Waals surface area contributed by atoms with Crippen molar-refractivity contribution in [3.8, 4) is 0 Å². The second-order valence-electron chi connectivity index (χ2n) is 4.66. The van der Waals surface area contributed by atoms with Crippen LogP contribution < -0.4 is 5.32 Å². The molecule has 4 nitrogen and oxygen atoms in total. The summed E-state index contributed by atoms with van der Waals surface area (Å²) in [4.78, 5) is 14.3. The molecule has 0 aromatic heterocycles. The van der Waals surface area contributed by atoms with Gasteiger partial charge in [-0.25, -0.2) is 0 Å². The second-order valence-corrected chi connectivity index (χ2v) is 5.04. The minimum Gasteiger partial charge on any atom is -0.378 e. The molecular formula is C14H18N2O2S. The standard InChI is InChI=1S/C14H18N2O2S/c1-10-3-4-12(9-11(10)2)15-13(17)14(19)16-5-7-18-8-6-16/h3-4,9H,5-8H2,1-2H3,(H,15,17). The molecule has 0 aliphatic carbocycles. The maximum absolute atomic E-state index is 12.1. The minimum absolute atomic E-state index is 0.222. The predicted molar refractivity (Wildman–Crippen MR) is 79.5 cm³/mol. The molecule has 0 bridgehead atoms. The zero-order valence-electron chi connectivity index (χ0n) is 11.2. The molecule has 19 heavy (non-hydrogen) atoms. The van der Waals surface area contributed by atoms with Gasteiger partial charge < -0.3 is 15.0 Å². The van der Waals surface area contributed by atoms with E-state index >= 15 is 0 Å². The number of carbonyl (C=O) groups excluding carboxylic acids is 1. The van der Waals surface area contributed by atoms with Crippen LogP contribution in [0.25, 0.3) is 0 Å². The Morgan fingerprint density at radius 2 is 1.95 bits per heavy atom. The smallest absolute Gasteiger partial charge is 0.283 e. The third-order valence-corrected chi connectivity index (χ3v) is 3.70. The summed E-state index contributed by atoms with van der Waals surface area (Å²) in [7, 11) is 0. The number of carbonyl (C=O) groups is 1. The molecule has 1 aromatic carbocycles. The highest BCUT2D eigenvalue weighted by molar-refractivity contribution is 7.82. The van der Waals surface area contributed by atoms with Crippen molar-refractivity contribution in [3.63, 3.8) is 0 Å². The Morgan fingerprint density at radius 1 is 1.26 bits per heavy atom. The van der Waals surface area contributed by atoms with Gasteiger partial charge in [0.15, 0.2) is 4.99 Å². The number of anilines is 1. The molecule has 0 spiro atoms. The maximum atomic E-state index is 12.1. The summed E-state index contributed by atoms with van der Waals surface area (Å²) in [6.45, 7) is 6.66. The SMILES string of the molecule is Cc1ccc(NC(=O)C(=S)N2CCOCC2)cc1C. The van der Waals surface area contributed by atoms with E-state index in [-0.39, 0.29) is 5.91 Å². The van der Waals surface area contributed by atoms with E-state index in [1.165, 1.54) is 5.56 Å². The lowest BCUT2D eigenvalue weighted by molar-refractivity contribution is -0.111. The lowest BCUT2D eigenvalue weighted by atomic mass is 10.1. The van der Waals surface area contributed by atoms with Crippen LogP contribution in [-0.4, -0.2) is 42.1 Å². The fourth-order valence-corrected chi connectivity index (χ4v) is 2.15. The minimum atomic E-state index is -0.222. The van der Waals surface area contributed by atoms with Crippen molar-refractivity contribution in [3.05, 3.63) is 29.3 Å². The van der Waals surface area contributed by atoms with Crippen molar-refractivity contribution in [2.24, 2.45) is 0 Å². The van der Waals surface area contributed by atoms with E-state index in [1.54, 1.807) is 0 Å². The topological polar surface area (TPSA) is 41.6 Å². The van der Waals surface area contributed by atoms with E-state index in [9.17, 15) is 4.79 Å². The van der Waals surface area contributed by atoms with Crippen LogP contribution in [0.15, 0.2) is 18.2 Å². The average Bonchev–Trinajstić information content (AvgIpc) is 2.43. The lowest BCUT2D eigenvalue weighted by Gasteiger charge is -2.28. The van der Waals surface area contributed by atoms with Crippen molar-refractivity contribution in [2.45, 2.75) is 13.8 Å². The molecule has 1 aliphatic rings. The van der Waals surface area contributed by atoms with Gasteiger partial charge in [0.1, 0.15) is 0 Å². The van der Waals surface area contributed by atoms with Crippen molar-refractivity contribution >= 4 is 28.8 Å². The highest BCUT2D eigenvalue weighted by Crippen LogP contribution is 2.14. The molecule has 1 amide bonds. The Bertz CT molecular complexity index is 496. The van der Waals surface area contributed by atoms with Crippen LogP contribution in [0.3, 0.4) is 0 Å². The first-order chi connectivity index (χ1) is 9.08. The molecule has 1 saturated heterocycles. The molecular weight excluding hydrogens is 260 g/mol. The van der Waals surface area contributed by atoms with Crippen LogP contribution in [0, 0.1) is 13.8 Å². The fourth-order valence-electron chi connectivity index (χ4n) is 1.91. The van der Waals surface area contributed by atoms with Gasteiger partial charge in [0.05, 0.1) is 13.2 Å². The van der Waals surface area contributed by atoms with Crippen molar-refractivity contribution in [1.29, 1.82) is 0 Å². The van der Waals surface area contributed by atoms with Gasteiger partial charge in [-0.1, -0.05) is 18.3 Å². The molecule has 1 heterocycles. The van der Waals surface area contributed by atoms with E-state index < -0.39 is 0 Å². The summed E-state index contributed by atoms with van der Waals surface area (Å²) >= 11 is 5.21. The van der Waals surface area contributed by atoms with Crippen molar-refractivity contribution < 1.29 is 9.53 Å². The number of rotatable bonds is 1. The van der Waals surface area contributed by atoms with Crippen LogP contribution in [0.4, 0.5) is 5.69 Å². The van der Waals surface area contributed by atoms with Gasteiger partial charge >= 0.3 is 0 Å². The molecule has 1 aliphatic heterocycles. The van der Waals surface area contributed by atoms with E-state index in [0.717, 1.165) is 11.3 Å². The maximum Gasteiger partial charge on any atom is 0.283 e. The van der Waals surface area contributed by atoms with E-state index in [2.05, 4.69) is 5.32 Å². The quantitative estimate of drug-likeness (QED) is 0.797. The monoisotopic (exact) mass is 278 g/mol. The predicted octanol–water partition coefficient (Wildman–Crippen LogP) is 1.90. The van der Waals surface area contributed by atoms with Crippen molar-refractivity contribution in [1.82, 2.24) is 4.90 Å². The third-order valence-electron chi connectivity index (χ3n) is 3.26. The Hall–Kier alpha value is -1.46. The van der Waals surface area contributed by atoms with Gasteiger partial charge in [-0.3, -0.25) is 4.79 Å². The summed E-state index contributed by atoms with van der Waals surface area (Å²) in [5, 5.41) is 2.84. The first-order valence-corrected chi connectivity index (χ1v) is 6.74. The average molecular weight is 278 g/mol. The summed E-state index contributed by atoms with van der Waals surface area (Å²) < 4.78 is 5.24. The zero-order valence-corrected chi connectivity index (χ0v) is 12.0. The number of aryl methyl sites for hydroxylation is 2. The Labute approximate surface area is 118 Å². The highest BCUT2D eigenvalue weighted by atomic mass is 32.1. The second kappa shape index (κ2) is 6.12. The molecule has 1 aromatic rings. The first kappa shape index (κ1) is 14.0. The van der Waals surface area contributed by atoms with Gasteiger partial charge in [-0.05, 0) is 37.1 Å². The number of hydrogen-bond donors (Lipinski definition) is 1. The molecule has 1 N–H and O–H groups in total. The number of hydrogen-bond acceptors (Lipinski definition) is 3. The summed E-state index contributed by atoms with van der Waals surface area (Å²) in [5.41, 5.74) is 3.13. The highest BCUT2D eigenvalue weighted by Gasteiger charge is 2.19. The Balaban J connectivity index is 1.99. The van der Waals surface area contributed by atoms with Crippen LogP contribution in [0.2, 0.25) is 0 Å². The fraction of sp³-hybridized carbons (Fsp3) is 0.429. The number of ether oxygens (including phenoxy) is 1. The van der Waals surface area contributed by atoms with Crippen LogP contribution in [0.1, 0.15) is 11.1 Å². The molecule has 0 unspecified atom stereocenters. The number of benzene rings is 1. The van der Waals surface area contributed by atoms with Gasteiger partial charge in [0, 0.05) is 18.8 Å². The van der Waals surface area contributed by atoms with Gasteiger partial charge in [-0.15, -0.1) is 0 Å². The summed E-state index contributed by atoms with van der Waals surface area (Å²) in [5.74, 6) is -0.222. The summed E-state index contributed by atoms with van der Waals surface area (Å²) in [6, 6.07) is 5.83. The van der Waals surface area contributed by atoms with Gasteiger partial charge in [0.2, 0.25) is 0 Å². The van der Waals surface area contributed by atoms with Crippen LogP contribution in [0.5, 0.6) is 0 Å². The molecule has 0 saturated carbocycles. The number of nitrogens with zero attached hydrogens (tertiary/aromatic N) is 1. The number of morpholine rings is 1. The summed E-state index contributed by atoms with van der Waals surface area (Å²) in [6.07, 6.45) is 0. The van der Waals surface area contributed by atoms with E-state index in [1.807, 2.05) is 36.9 Å². The third kappa shape index (κ3) is 3.52. The molecule has 0 radical (unpaired) electrons. The Morgan fingerprint density at radius 3 is 2.58 bits per heavy atom. The zero-order chi connectivity index (χ0) is 13.8. The molecule has 2 rings (SSSR count). The number of nitrogens with one attached hydrogen (secondary N) is 1. The van der Waals surface area contributed by atoms with Gasteiger partial charge in [0.25, 0.3) is 5.91 Å². The Kier molecular flexibility index (Phi) is 4.50. The van der Waals surface area contributed by atoms with Crippen molar-refractivity contribution in [2.75, 3.05) is 31.6 Å². The van der Waals surface area contributed by atoms with Gasteiger partial charge in [-0.2, -0.15) is 0 Å². The molecule has 102 valence electrons. The van der Waals surface area contributed by atoms with E-state index in [4.69, 9.17) is 17.0 Å². The van der Waals surface area contributed by atoms with Crippen LogP contribution >= 0.6 is 12.2 Å².